The van der Waals surface area contributed by atoms with Gasteiger partial charge in [-0.2, -0.15) is 0 Å². The molecule has 102 valence electrons. The van der Waals surface area contributed by atoms with Crippen LogP contribution in [0.4, 0.5) is 0 Å². The molecule has 3 rings (SSSR count). The van der Waals surface area contributed by atoms with Crippen molar-refractivity contribution in [3.8, 4) is 0 Å². The average Bonchev–Trinajstić information content (AvgIpc) is 2.94. The molecule has 1 aromatic heterocycles. The second-order valence-corrected chi connectivity index (χ2v) is 5.62. The minimum Gasteiger partial charge on any atom is -0.388 e. The van der Waals surface area contributed by atoms with Crippen LogP contribution in [0.5, 0.6) is 0 Å². The van der Waals surface area contributed by atoms with Crippen molar-refractivity contribution in [3.63, 3.8) is 0 Å². The quantitative estimate of drug-likeness (QED) is 0.845. The van der Waals surface area contributed by atoms with Crippen LogP contribution in [0.1, 0.15) is 36.0 Å². The SMILES string of the molecule is Cn1ccc(C(=O)N2CCCC2C2(O)CC2)cc1=O. The zero-order valence-electron chi connectivity index (χ0n) is 11.0. The summed E-state index contributed by atoms with van der Waals surface area (Å²) in [4.78, 5) is 25.8. The topological polar surface area (TPSA) is 62.5 Å². The van der Waals surface area contributed by atoms with Crippen molar-refractivity contribution >= 4 is 5.91 Å². The van der Waals surface area contributed by atoms with E-state index in [0.29, 0.717) is 12.1 Å². The van der Waals surface area contributed by atoms with Crippen molar-refractivity contribution < 1.29 is 9.90 Å². The van der Waals surface area contributed by atoms with E-state index in [-0.39, 0.29) is 17.5 Å². The number of aromatic nitrogens is 1. The molecular formula is C14H18N2O3. The summed E-state index contributed by atoms with van der Waals surface area (Å²) in [6.07, 6.45) is 4.93. The second-order valence-electron chi connectivity index (χ2n) is 5.62. The highest BCUT2D eigenvalue weighted by molar-refractivity contribution is 5.94. The summed E-state index contributed by atoms with van der Waals surface area (Å²) >= 11 is 0. The number of likely N-dealkylation sites (tertiary alicyclic amines) is 1. The van der Waals surface area contributed by atoms with E-state index in [2.05, 4.69) is 0 Å². The molecule has 1 aliphatic heterocycles. The summed E-state index contributed by atoms with van der Waals surface area (Å²) in [7, 11) is 1.65. The molecule has 0 aromatic carbocycles. The zero-order chi connectivity index (χ0) is 13.6. The van der Waals surface area contributed by atoms with Gasteiger partial charge < -0.3 is 14.6 Å². The Morgan fingerprint density at radius 2 is 2.21 bits per heavy atom. The lowest BCUT2D eigenvalue weighted by Crippen LogP contribution is -2.44. The molecule has 19 heavy (non-hydrogen) atoms. The Bertz CT molecular complexity index is 574. The van der Waals surface area contributed by atoms with Gasteiger partial charge in [0.1, 0.15) is 0 Å². The first-order valence-corrected chi connectivity index (χ1v) is 6.71. The van der Waals surface area contributed by atoms with Gasteiger partial charge in [-0.15, -0.1) is 0 Å². The van der Waals surface area contributed by atoms with E-state index >= 15 is 0 Å². The molecule has 1 N–H and O–H groups in total. The number of carbonyl (C=O) groups excluding carboxylic acids is 1. The maximum absolute atomic E-state index is 12.5. The molecule has 5 nitrogen and oxygen atoms in total. The lowest BCUT2D eigenvalue weighted by atomic mass is 10.1. The predicted molar refractivity (Wildman–Crippen MR) is 69.9 cm³/mol. The molecule has 1 saturated heterocycles. The zero-order valence-corrected chi connectivity index (χ0v) is 11.0. The molecule has 2 heterocycles. The third-order valence-electron chi connectivity index (χ3n) is 4.25. The molecule has 1 saturated carbocycles. The monoisotopic (exact) mass is 262 g/mol. The third kappa shape index (κ3) is 2.08. The highest BCUT2D eigenvalue weighted by atomic mass is 16.3. The number of hydrogen-bond donors (Lipinski definition) is 1. The Hall–Kier alpha value is -1.62. The van der Waals surface area contributed by atoms with Crippen molar-refractivity contribution in [1.29, 1.82) is 0 Å². The summed E-state index contributed by atoms with van der Waals surface area (Å²) in [5.74, 6) is -0.138. The van der Waals surface area contributed by atoms with E-state index in [0.717, 1.165) is 25.7 Å². The summed E-state index contributed by atoms with van der Waals surface area (Å²) < 4.78 is 1.44. The maximum atomic E-state index is 12.5. The van der Waals surface area contributed by atoms with Gasteiger partial charge in [-0.05, 0) is 31.7 Å². The number of carbonyl (C=O) groups is 1. The van der Waals surface area contributed by atoms with Gasteiger partial charge in [0, 0.05) is 31.4 Å². The largest absolute Gasteiger partial charge is 0.388 e. The number of rotatable bonds is 2. The smallest absolute Gasteiger partial charge is 0.254 e. The van der Waals surface area contributed by atoms with Gasteiger partial charge in [-0.25, -0.2) is 0 Å². The van der Waals surface area contributed by atoms with Gasteiger partial charge in [0.25, 0.3) is 11.5 Å². The van der Waals surface area contributed by atoms with Gasteiger partial charge in [0.05, 0.1) is 11.6 Å². The lowest BCUT2D eigenvalue weighted by molar-refractivity contribution is 0.0386. The first-order chi connectivity index (χ1) is 9.01. The van der Waals surface area contributed by atoms with Crippen molar-refractivity contribution in [2.75, 3.05) is 6.54 Å². The van der Waals surface area contributed by atoms with Crippen molar-refractivity contribution in [3.05, 3.63) is 34.2 Å². The average molecular weight is 262 g/mol. The second kappa shape index (κ2) is 4.20. The first-order valence-electron chi connectivity index (χ1n) is 6.71. The summed E-state index contributed by atoms with van der Waals surface area (Å²) in [6.45, 7) is 0.668. The van der Waals surface area contributed by atoms with Crippen LogP contribution in [-0.2, 0) is 7.05 Å². The molecule has 1 atom stereocenters. The molecule has 0 spiro atoms. The molecule has 1 aliphatic carbocycles. The number of amides is 1. The summed E-state index contributed by atoms with van der Waals surface area (Å²) in [6, 6.07) is 2.95. The van der Waals surface area contributed by atoms with Crippen LogP contribution >= 0.6 is 0 Å². The Kier molecular flexibility index (Phi) is 2.74. The minimum atomic E-state index is -0.675. The van der Waals surface area contributed by atoms with Crippen LogP contribution in [0, 0.1) is 0 Å². The van der Waals surface area contributed by atoms with Crippen molar-refractivity contribution in [2.45, 2.75) is 37.3 Å². The van der Waals surface area contributed by atoms with E-state index in [1.54, 1.807) is 24.2 Å². The summed E-state index contributed by atoms with van der Waals surface area (Å²) in [5.41, 5.74) is -0.447. The fraction of sp³-hybridized carbons (Fsp3) is 0.571. The molecule has 1 unspecified atom stereocenters. The fourth-order valence-electron chi connectivity index (χ4n) is 2.88. The van der Waals surface area contributed by atoms with Crippen LogP contribution in [-0.4, -0.2) is 38.7 Å². The van der Waals surface area contributed by atoms with Gasteiger partial charge >= 0.3 is 0 Å². The fourth-order valence-corrected chi connectivity index (χ4v) is 2.88. The first kappa shape index (κ1) is 12.4. The Morgan fingerprint density at radius 3 is 2.84 bits per heavy atom. The van der Waals surface area contributed by atoms with E-state index < -0.39 is 5.60 Å². The Labute approximate surface area is 111 Å². The van der Waals surface area contributed by atoms with Gasteiger partial charge in [0.2, 0.25) is 0 Å². The lowest BCUT2D eigenvalue weighted by Gasteiger charge is -2.28. The van der Waals surface area contributed by atoms with E-state index in [4.69, 9.17) is 0 Å². The highest BCUT2D eigenvalue weighted by Gasteiger charge is 2.52. The number of nitrogens with zero attached hydrogens (tertiary/aromatic N) is 2. The summed E-state index contributed by atoms with van der Waals surface area (Å²) in [5, 5.41) is 10.2. The van der Waals surface area contributed by atoms with Crippen LogP contribution in [0.15, 0.2) is 23.1 Å². The third-order valence-corrected chi connectivity index (χ3v) is 4.25. The highest BCUT2D eigenvalue weighted by Crippen LogP contribution is 2.44. The van der Waals surface area contributed by atoms with E-state index in [9.17, 15) is 14.7 Å². The molecule has 2 fully saturated rings. The molecule has 5 heteroatoms. The normalized spacial score (nSPS) is 24.5. The van der Waals surface area contributed by atoms with Crippen LogP contribution in [0.25, 0.3) is 0 Å². The van der Waals surface area contributed by atoms with Crippen LogP contribution in [0.3, 0.4) is 0 Å². The van der Waals surface area contributed by atoms with Gasteiger partial charge in [-0.3, -0.25) is 9.59 Å². The van der Waals surface area contributed by atoms with E-state index in [1.165, 1.54) is 10.6 Å². The minimum absolute atomic E-state index is 0.0796. The number of aryl methyl sites for hydroxylation is 1. The Balaban J connectivity index is 1.86. The number of pyridine rings is 1. The Morgan fingerprint density at radius 1 is 1.47 bits per heavy atom. The van der Waals surface area contributed by atoms with Gasteiger partial charge in [0.15, 0.2) is 0 Å². The molecule has 0 radical (unpaired) electrons. The standard InChI is InChI=1S/C14H18N2O3/c1-15-8-4-10(9-12(15)17)13(18)16-7-2-3-11(16)14(19)5-6-14/h4,8-9,11,19H,2-3,5-7H2,1H3. The maximum Gasteiger partial charge on any atom is 0.254 e. The molecule has 1 aromatic rings. The molecular weight excluding hydrogens is 244 g/mol. The molecule has 1 amide bonds. The predicted octanol–water partition coefficient (Wildman–Crippen LogP) is 0.515. The van der Waals surface area contributed by atoms with E-state index in [1.807, 2.05) is 0 Å². The number of hydrogen-bond acceptors (Lipinski definition) is 3. The van der Waals surface area contributed by atoms with Crippen molar-refractivity contribution in [2.24, 2.45) is 7.05 Å². The molecule has 0 bridgehead atoms. The van der Waals surface area contributed by atoms with Gasteiger partial charge in [-0.1, -0.05) is 0 Å². The van der Waals surface area contributed by atoms with Crippen LogP contribution in [0.2, 0.25) is 0 Å². The molecule has 2 aliphatic rings. The number of aliphatic hydroxyl groups is 1. The van der Waals surface area contributed by atoms with Crippen molar-refractivity contribution in [1.82, 2.24) is 9.47 Å². The van der Waals surface area contributed by atoms with Crippen LogP contribution < -0.4 is 5.56 Å².